The second kappa shape index (κ2) is 10.00. The molecule has 0 saturated heterocycles. The van der Waals surface area contributed by atoms with Crippen molar-refractivity contribution in [2.24, 2.45) is 0 Å². The average molecular weight is 538 g/mol. The molecule has 168 valence electrons. The molecule has 4 nitrogen and oxygen atoms in total. The number of halogens is 4. The summed E-state index contributed by atoms with van der Waals surface area (Å²) in [5.74, 6) is -0.883. The maximum Gasteiger partial charge on any atom is 0.278 e. The van der Waals surface area contributed by atoms with E-state index in [2.05, 4.69) is 5.32 Å². The smallest absolute Gasteiger partial charge is 0.278 e. The number of benzene rings is 3. The molecule has 0 saturated carbocycles. The van der Waals surface area contributed by atoms with Gasteiger partial charge in [0.15, 0.2) is 0 Å². The van der Waals surface area contributed by atoms with E-state index in [-0.39, 0.29) is 17.1 Å². The number of nitrogens with one attached hydrogen (secondary N) is 1. The van der Waals surface area contributed by atoms with Crippen molar-refractivity contribution in [3.8, 4) is 0 Å². The molecule has 2 amide bonds. The van der Waals surface area contributed by atoms with E-state index in [4.69, 9.17) is 46.4 Å². The molecule has 1 aliphatic heterocycles. The quantitative estimate of drug-likeness (QED) is 0.329. The third-order valence-corrected chi connectivity index (χ3v) is 7.28. The van der Waals surface area contributed by atoms with Gasteiger partial charge in [0.25, 0.3) is 11.8 Å². The van der Waals surface area contributed by atoms with Gasteiger partial charge in [-0.25, -0.2) is 0 Å². The number of carbonyl (C=O) groups excluding carboxylic acids is 2. The Morgan fingerprint density at radius 2 is 1.52 bits per heavy atom. The highest BCUT2D eigenvalue weighted by Crippen LogP contribution is 2.37. The summed E-state index contributed by atoms with van der Waals surface area (Å²) < 4.78 is 0. The summed E-state index contributed by atoms with van der Waals surface area (Å²) in [6.07, 6.45) is 0. The van der Waals surface area contributed by atoms with Gasteiger partial charge in [0.05, 0.1) is 6.54 Å². The Morgan fingerprint density at radius 3 is 2.18 bits per heavy atom. The number of thioether (sulfide) groups is 1. The molecule has 1 heterocycles. The zero-order valence-corrected chi connectivity index (χ0v) is 21.0. The van der Waals surface area contributed by atoms with E-state index in [0.29, 0.717) is 31.3 Å². The second-order valence-electron chi connectivity index (χ2n) is 7.28. The van der Waals surface area contributed by atoms with Crippen molar-refractivity contribution < 1.29 is 9.59 Å². The number of carbonyl (C=O) groups is 2. The van der Waals surface area contributed by atoms with Crippen molar-refractivity contribution in [2.75, 3.05) is 5.32 Å². The topological polar surface area (TPSA) is 49.4 Å². The van der Waals surface area contributed by atoms with E-state index in [0.717, 1.165) is 15.4 Å². The molecule has 0 unspecified atom stereocenters. The maximum atomic E-state index is 13.4. The van der Waals surface area contributed by atoms with Crippen molar-refractivity contribution in [1.29, 1.82) is 0 Å². The van der Waals surface area contributed by atoms with Crippen molar-refractivity contribution in [2.45, 2.75) is 18.4 Å². The van der Waals surface area contributed by atoms with Crippen molar-refractivity contribution in [3.05, 3.63) is 102 Å². The van der Waals surface area contributed by atoms with Crippen LogP contribution in [0.25, 0.3) is 0 Å². The maximum absolute atomic E-state index is 13.4. The largest absolute Gasteiger partial charge is 0.350 e. The average Bonchev–Trinajstić information content (AvgIpc) is 2.98. The Hall–Kier alpha value is -2.15. The van der Waals surface area contributed by atoms with Crippen molar-refractivity contribution in [1.82, 2.24) is 4.90 Å². The molecule has 4 rings (SSSR count). The minimum absolute atomic E-state index is 0.0121. The summed E-state index contributed by atoms with van der Waals surface area (Å²) in [4.78, 5) is 28.9. The lowest BCUT2D eigenvalue weighted by atomic mass is 10.2. The van der Waals surface area contributed by atoms with Crippen LogP contribution in [-0.2, 0) is 16.1 Å². The molecule has 0 radical (unpaired) electrons. The van der Waals surface area contributed by atoms with Gasteiger partial charge in [-0.3, -0.25) is 14.5 Å². The van der Waals surface area contributed by atoms with E-state index in [9.17, 15) is 9.59 Å². The third kappa shape index (κ3) is 5.34. The molecule has 0 aliphatic carbocycles. The van der Waals surface area contributed by atoms with E-state index in [1.807, 2.05) is 13.0 Å². The number of anilines is 1. The number of rotatable bonds is 6. The van der Waals surface area contributed by atoms with Gasteiger partial charge in [-0.2, -0.15) is 0 Å². The first-order valence-electron chi connectivity index (χ1n) is 9.74. The van der Waals surface area contributed by atoms with Gasteiger partial charge in [0.2, 0.25) is 0 Å². The minimum atomic E-state index is -0.459. The van der Waals surface area contributed by atoms with Crippen LogP contribution in [0.5, 0.6) is 0 Å². The summed E-state index contributed by atoms with van der Waals surface area (Å²) >= 11 is 25.7. The molecule has 1 aliphatic rings. The number of aryl methyl sites for hydroxylation is 1. The predicted molar refractivity (Wildman–Crippen MR) is 136 cm³/mol. The van der Waals surface area contributed by atoms with Crippen LogP contribution < -0.4 is 5.32 Å². The monoisotopic (exact) mass is 536 g/mol. The highest BCUT2D eigenvalue weighted by molar-refractivity contribution is 8.04. The Morgan fingerprint density at radius 1 is 0.818 bits per heavy atom. The van der Waals surface area contributed by atoms with Gasteiger partial charge in [-0.1, -0.05) is 70.3 Å². The van der Waals surface area contributed by atoms with Crippen molar-refractivity contribution >= 4 is 75.7 Å². The van der Waals surface area contributed by atoms with Crippen LogP contribution >= 0.6 is 58.2 Å². The highest BCUT2D eigenvalue weighted by Gasteiger charge is 2.39. The number of hydrogen-bond donors (Lipinski definition) is 1. The molecular weight excluding hydrogens is 522 g/mol. The van der Waals surface area contributed by atoms with Gasteiger partial charge in [0, 0.05) is 30.7 Å². The van der Waals surface area contributed by atoms with Gasteiger partial charge in [-0.05, 0) is 66.6 Å². The first-order chi connectivity index (χ1) is 15.7. The lowest BCUT2D eigenvalue weighted by Gasteiger charge is -2.16. The first kappa shape index (κ1) is 24.0. The number of hydrogen-bond acceptors (Lipinski definition) is 4. The van der Waals surface area contributed by atoms with Crippen LogP contribution in [0.4, 0.5) is 5.69 Å². The fourth-order valence-electron chi connectivity index (χ4n) is 3.16. The van der Waals surface area contributed by atoms with E-state index in [1.54, 1.807) is 54.6 Å². The molecule has 3 aromatic carbocycles. The molecule has 0 atom stereocenters. The molecule has 9 heteroatoms. The molecule has 33 heavy (non-hydrogen) atoms. The lowest BCUT2D eigenvalue weighted by Crippen LogP contribution is -2.32. The van der Waals surface area contributed by atoms with Gasteiger partial charge >= 0.3 is 0 Å². The van der Waals surface area contributed by atoms with Crippen LogP contribution in [0.3, 0.4) is 0 Å². The zero-order valence-electron chi connectivity index (χ0n) is 17.2. The summed E-state index contributed by atoms with van der Waals surface area (Å²) in [6.45, 7) is 1.90. The molecule has 0 aromatic heterocycles. The number of nitrogens with zero attached hydrogens (tertiary/aromatic N) is 1. The van der Waals surface area contributed by atoms with Gasteiger partial charge in [-0.15, -0.1) is 0 Å². The van der Waals surface area contributed by atoms with Crippen LogP contribution in [0, 0.1) is 6.92 Å². The molecular formula is C24H16Cl4N2O2S. The molecule has 1 N–H and O–H groups in total. The van der Waals surface area contributed by atoms with Crippen LogP contribution in [-0.4, -0.2) is 16.7 Å². The molecule has 0 spiro atoms. The van der Waals surface area contributed by atoms with Gasteiger partial charge in [0.1, 0.15) is 10.6 Å². The lowest BCUT2D eigenvalue weighted by molar-refractivity contribution is -0.137. The van der Waals surface area contributed by atoms with E-state index >= 15 is 0 Å². The Bertz CT molecular complexity index is 1290. The van der Waals surface area contributed by atoms with Crippen LogP contribution in [0.1, 0.15) is 11.1 Å². The summed E-state index contributed by atoms with van der Waals surface area (Å²) in [6, 6.07) is 17.3. The van der Waals surface area contributed by atoms with Crippen LogP contribution in [0.15, 0.2) is 76.2 Å². The number of amides is 2. The second-order valence-corrected chi connectivity index (χ2v) is 10.1. The van der Waals surface area contributed by atoms with E-state index < -0.39 is 11.8 Å². The Kier molecular flexibility index (Phi) is 7.27. The third-order valence-electron chi connectivity index (χ3n) is 4.94. The minimum Gasteiger partial charge on any atom is -0.350 e. The molecule has 0 fully saturated rings. The SMILES string of the molecule is Cc1ccc(NC2=C(Sc3ccc(Cl)cc3)C(=O)N(Cc3ccc(Cl)cc3Cl)C2=O)cc1Cl. The normalized spacial score (nSPS) is 13.8. The first-order valence-corrected chi connectivity index (χ1v) is 12.1. The van der Waals surface area contributed by atoms with Gasteiger partial charge < -0.3 is 5.32 Å². The van der Waals surface area contributed by atoms with Crippen LogP contribution in [0.2, 0.25) is 20.1 Å². The van der Waals surface area contributed by atoms with E-state index in [1.165, 1.54) is 11.8 Å². The molecule has 3 aromatic rings. The summed E-state index contributed by atoms with van der Waals surface area (Å²) in [5, 5.41) is 5.07. The fourth-order valence-corrected chi connectivity index (χ4v) is 4.88. The zero-order chi connectivity index (χ0) is 23.7. The number of imide groups is 1. The summed E-state index contributed by atoms with van der Waals surface area (Å²) in [7, 11) is 0. The predicted octanol–water partition coefficient (Wildman–Crippen LogP) is 7.59. The standard InChI is InChI=1S/C24H16Cl4N2O2S/c1-13-2-7-17(11-19(13)27)29-21-22(33-18-8-5-15(25)6-9-18)24(32)30(23(21)31)12-14-3-4-16(26)10-20(14)28/h2-11,29H,12H2,1H3. The molecule has 0 bridgehead atoms. The van der Waals surface area contributed by atoms with Crippen molar-refractivity contribution in [3.63, 3.8) is 0 Å². The Labute approximate surface area is 215 Å². The fraction of sp³-hybridized carbons (Fsp3) is 0.0833. The highest BCUT2D eigenvalue weighted by atomic mass is 35.5. The Balaban J connectivity index is 1.69. The summed E-state index contributed by atoms with van der Waals surface area (Å²) in [5.41, 5.74) is 2.28.